The van der Waals surface area contributed by atoms with Crippen LogP contribution in [-0.4, -0.2) is 23.7 Å². The first-order valence-electron chi connectivity index (χ1n) is 8.92. The van der Waals surface area contributed by atoms with E-state index in [1.165, 1.54) is 19.3 Å². The van der Waals surface area contributed by atoms with Crippen molar-refractivity contribution < 1.29 is 9.90 Å². The summed E-state index contributed by atoms with van der Waals surface area (Å²) >= 11 is 0. The molecule has 0 aromatic carbocycles. The number of nitrogens with one attached hydrogen (secondary N) is 1. The molecule has 1 saturated heterocycles. The summed E-state index contributed by atoms with van der Waals surface area (Å²) in [7, 11) is 0. The zero-order chi connectivity index (χ0) is 14.8. The number of fused-ring (bicyclic) bond motifs is 5. The number of amides is 1. The van der Waals surface area contributed by atoms with Gasteiger partial charge in [0.25, 0.3) is 0 Å². The van der Waals surface area contributed by atoms with Gasteiger partial charge in [-0.2, -0.15) is 0 Å². The Morgan fingerprint density at radius 2 is 1.76 bits per heavy atom. The number of rotatable bonds is 0. The molecule has 2 N–H and O–H groups in total. The minimum absolute atomic E-state index is 0.0939. The SMILES string of the molecule is CC12CCNC(=O)C1CCC1C2CCC2(C)C1CC[C@@H]2O. The van der Waals surface area contributed by atoms with Crippen molar-refractivity contribution in [1.82, 2.24) is 5.32 Å². The molecule has 6 unspecified atom stereocenters. The zero-order valence-electron chi connectivity index (χ0n) is 13.4. The van der Waals surface area contributed by atoms with Gasteiger partial charge in [0, 0.05) is 12.5 Å². The first kappa shape index (κ1) is 14.0. The molecule has 3 aliphatic carbocycles. The molecule has 4 rings (SSSR count). The lowest BCUT2D eigenvalue weighted by Crippen LogP contribution is -2.58. The maximum Gasteiger partial charge on any atom is 0.223 e. The summed E-state index contributed by atoms with van der Waals surface area (Å²) in [5, 5.41) is 13.5. The van der Waals surface area contributed by atoms with E-state index in [1.54, 1.807) is 0 Å². The Labute approximate surface area is 127 Å². The number of hydrogen-bond donors (Lipinski definition) is 2. The van der Waals surface area contributed by atoms with Crippen LogP contribution in [0.1, 0.15) is 58.8 Å². The molecule has 3 nitrogen and oxygen atoms in total. The highest BCUT2D eigenvalue weighted by molar-refractivity contribution is 5.80. The van der Waals surface area contributed by atoms with Crippen LogP contribution in [0.25, 0.3) is 0 Å². The summed E-state index contributed by atoms with van der Waals surface area (Å²) < 4.78 is 0. The van der Waals surface area contributed by atoms with Gasteiger partial charge in [0.05, 0.1) is 6.10 Å². The Hall–Kier alpha value is -0.570. The third-order valence-electron chi connectivity index (χ3n) is 8.10. The van der Waals surface area contributed by atoms with E-state index in [4.69, 9.17) is 0 Å². The van der Waals surface area contributed by atoms with E-state index < -0.39 is 0 Å². The number of aliphatic hydroxyl groups excluding tert-OH is 1. The van der Waals surface area contributed by atoms with Crippen molar-refractivity contribution in [2.45, 2.75) is 64.9 Å². The van der Waals surface area contributed by atoms with Gasteiger partial charge in [-0.15, -0.1) is 0 Å². The van der Waals surface area contributed by atoms with Crippen LogP contribution >= 0.6 is 0 Å². The van der Waals surface area contributed by atoms with Gasteiger partial charge in [-0.05, 0) is 73.5 Å². The van der Waals surface area contributed by atoms with Crippen molar-refractivity contribution in [1.29, 1.82) is 0 Å². The zero-order valence-corrected chi connectivity index (χ0v) is 13.4. The van der Waals surface area contributed by atoms with Crippen molar-refractivity contribution in [3.05, 3.63) is 0 Å². The predicted molar refractivity (Wildman–Crippen MR) is 81.5 cm³/mol. The summed E-state index contributed by atoms with van der Waals surface area (Å²) in [5.74, 6) is 2.68. The third kappa shape index (κ3) is 1.73. The standard InChI is InChI=1S/C18H29NO2/c1-17-9-10-19-16(21)14(17)4-3-11-12-5-6-15(20)18(12,2)8-7-13(11)17/h11-15,20H,3-10H2,1-2H3,(H,19,21)/t11?,12?,13?,14?,15-,17?,18?/m0/s1. The maximum absolute atomic E-state index is 12.3. The molecule has 0 aromatic rings. The van der Waals surface area contributed by atoms with Crippen molar-refractivity contribution in [3.8, 4) is 0 Å². The molecular formula is C18H29NO2. The second-order valence-corrected chi connectivity index (χ2v) is 8.69. The van der Waals surface area contributed by atoms with Gasteiger partial charge in [0.2, 0.25) is 5.91 Å². The van der Waals surface area contributed by atoms with Crippen LogP contribution in [0.15, 0.2) is 0 Å². The van der Waals surface area contributed by atoms with E-state index in [0.29, 0.717) is 17.7 Å². The molecule has 1 amide bonds. The normalized spacial score (nSPS) is 56.1. The molecule has 4 aliphatic rings. The molecule has 21 heavy (non-hydrogen) atoms. The molecular weight excluding hydrogens is 262 g/mol. The number of aliphatic hydroxyl groups is 1. The molecule has 1 aliphatic heterocycles. The molecule has 0 bridgehead atoms. The predicted octanol–water partition coefficient (Wildman–Crippen LogP) is 2.73. The lowest BCUT2D eigenvalue weighted by atomic mass is 9.46. The largest absolute Gasteiger partial charge is 0.393 e. The number of carbonyl (C=O) groups excluding carboxylic acids is 1. The third-order valence-corrected chi connectivity index (χ3v) is 8.10. The quantitative estimate of drug-likeness (QED) is 0.721. The van der Waals surface area contributed by atoms with Gasteiger partial charge in [0.15, 0.2) is 0 Å². The van der Waals surface area contributed by atoms with Gasteiger partial charge in [-0.3, -0.25) is 4.79 Å². The highest BCUT2D eigenvalue weighted by atomic mass is 16.3. The fourth-order valence-corrected chi connectivity index (χ4v) is 6.80. The Morgan fingerprint density at radius 1 is 1.00 bits per heavy atom. The Balaban J connectivity index is 1.66. The fraction of sp³-hybridized carbons (Fsp3) is 0.944. The summed E-state index contributed by atoms with van der Waals surface area (Å²) in [6, 6.07) is 0. The fourth-order valence-electron chi connectivity index (χ4n) is 6.80. The van der Waals surface area contributed by atoms with E-state index in [0.717, 1.165) is 38.1 Å². The molecule has 0 radical (unpaired) electrons. The highest BCUT2D eigenvalue weighted by Gasteiger charge is 2.60. The summed E-state index contributed by atoms with van der Waals surface area (Å²) in [6.45, 7) is 5.58. The van der Waals surface area contributed by atoms with Gasteiger partial charge in [-0.1, -0.05) is 13.8 Å². The number of carbonyl (C=O) groups is 1. The van der Waals surface area contributed by atoms with E-state index in [2.05, 4.69) is 19.2 Å². The van der Waals surface area contributed by atoms with Gasteiger partial charge >= 0.3 is 0 Å². The summed E-state index contributed by atoms with van der Waals surface area (Å²) in [6.07, 6.45) is 7.88. The van der Waals surface area contributed by atoms with E-state index in [-0.39, 0.29) is 22.9 Å². The van der Waals surface area contributed by atoms with Crippen molar-refractivity contribution in [3.63, 3.8) is 0 Å². The summed E-state index contributed by atoms with van der Waals surface area (Å²) in [4.78, 5) is 12.3. The second kappa shape index (κ2) is 4.47. The number of hydrogen-bond acceptors (Lipinski definition) is 2. The first-order chi connectivity index (χ1) is 9.97. The molecule has 118 valence electrons. The average molecular weight is 291 g/mol. The molecule has 4 fully saturated rings. The minimum Gasteiger partial charge on any atom is -0.393 e. The molecule has 0 aromatic heterocycles. The van der Waals surface area contributed by atoms with Crippen molar-refractivity contribution in [2.75, 3.05) is 6.54 Å². The summed E-state index contributed by atoms with van der Waals surface area (Å²) in [5.41, 5.74) is 0.363. The minimum atomic E-state index is -0.0939. The van der Waals surface area contributed by atoms with Gasteiger partial charge in [0.1, 0.15) is 0 Å². The number of piperidine rings is 1. The van der Waals surface area contributed by atoms with Gasteiger partial charge < -0.3 is 10.4 Å². The first-order valence-corrected chi connectivity index (χ1v) is 8.92. The Kier molecular flexibility index (Phi) is 2.99. The van der Waals surface area contributed by atoms with Crippen LogP contribution in [0.4, 0.5) is 0 Å². The average Bonchev–Trinajstić information content (AvgIpc) is 2.75. The Morgan fingerprint density at radius 3 is 2.57 bits per heavy atom. The molecule has 1 heterocycles. The smallest absolute Gasteiger partial charge is 0.223 e. The molecule has 3 heteroatoms. The van der Waals surface area contributed by atoms with Crippen LogP contribution in [0, 0.1) is 34.5 Å². The molecule has 7 atom stereocenters. The van der Waals surface area contributed by atoms with E-state index >= 15 is 0 Å². The Bertz CT molecular complexity index is 464. The maximum atomic E-state index is 12.3. The monoisotopic (exact) mass is 291 g/mol. The molecule has 3 saturated carbocycles. The van der Waals surface area contributed by atoms with Crippen LogP contribution in [0.2, 0.25) is 0 Å². The van der Waals surface area contributed by atoms with E-state index in [1.807, 2.05) is 0 Å². The second-order valence-electron chi connectivity index (χ2n) is 8.69. The van der Waals surface area contributed by atoms with E-state index in [9.17, 15) is 9.90 Å². The topological polar surface area (TPSA) is 49.3 Å². The lowest BCUT2D eigenvalue weighted by Gasteiger charge is -2.59. The van der Waals surface area contributed by atoms with Gasteiger partial charge in [-0.25, -0.2) is 0 Å². The van der Waals surface area contributed by atoms with Crippen LogP contribution in [0.5, 0.6) is 0 Å². The van der Waals surface area contributed by atoms with Crippen molar-refractivity contribution in [2.24, 2.45) is 34.5 Å². The van der Waals surface area contributed by atoms with Crippen LogP contribution in [0.3, 0.4) is 0 Å². The lowest BCUT2D eigenvalue weighted by molar-refractivity contribution is -0.152. The highest BCUT2D eigenvalue weighted by Crippen LogP contribution is 2.64. The van der Waals surface area contributed by atoms with Crippen molar-refractivity contribution >= 4 is 5.91 Å². The van der Waals surface area contributed by atoms with Crippen LogP contribution in [-0.2, 0) is 4.79 Å². The van der Waals surface area contributed by atoms with Crippen LogP contribution < -0.4 is 5.32 Å². The molecule has 0 spiro atoms.